The molecular weight excluding hydrogens is 274 g/mol. The van der Waals surface area contributed by atoms with E-state index in [4.69, 9.17) is 0 Å². The number of anilines is 1. The van der Waals surface area contributed by atoms with Gasteiger partial charge in [0.15, 0.2) is 0 Å². The highest BCUT2D eigenvalue weighted by molar-refractivity contribution is 7.08. The average molecular weight is 291 g/mol. The van der Waals surface area contributed by atoms with E-state index in [0.717, 1.165) is 6.42 Å². The molecule has 0 amide bonds. The third-order valence-corrected chi connectivity index (χ3v) is 4.92. The highest BCUT2D eigenvalue weighted by atomic mass is 32.1. The fourth-order valence-electron chi connectivity index (χ4n) is 3.09. The summed E-state index contributed by atoms with van der Waals surface area (Å²) < 4.78 is 0. The first-order valence-corrected chi connectivity index (χ1v) is 8.25. The maximum absolute atomic E-state index is 3.61. The number of benzene rings is 2. The van der Waals surface area contributed by atoms with Gasteiger partial charge in [0.05, 0.1) is 0 Å². The van der Waals surface area contributed by atoms with E-state index < -0.39 is 0 Å². The van der Waals surface area contributed by atoms with Gasteiger partial charge in [-0.25, -0.2) is 0 Å². The lowest BCUT2D eigenvalue weighted by Crippen LogP contribution is -2.05. The Labute approximate surface area is 129 Å². The number of hydrogen-bond acceptors (Lipinski definition) is 2. The fourth-order valence-corrected chi connectivity index (χ4v) is 3.84. The van der Waals surface area contributed by atoms with Crippen LogP contribution in [0.4, 0.5) is 5.69 Å². The molecule has 0 bridgehead atoms. The topological polar surface area (TPSA) is 12.0 Å². The van der Waals surface area contributed by atoms with E-state index in [0.29, 0.717) is 6.04 Å². The molecule has 3 aromatic rings. The van der Waals surface area contributed by atoms with Gasteiger partial charge in [0.1, 0.15) is 0 Å². The molecule has 0 radical (unpaired) electrons. The fraction of sp³-hybridized carbons (Fsp3) is 0.158. The van der Waals surface area contributed by atoms with Crippen LogP contribution in [0.5, 0.6) is 0 Å². The lowest BCUT2D eigenvalue weighted by molar-refractivity contribution is 0.890. The average Bonchev–Trinajstić information content (AvgIpc) is 3.14. The highest BCUT2D eigenvalue weighted by Crippen LogP contribution is 2.38. The van der Waals surface area contributed by atoms with Gasteiger partial charge in [-0.2, -0.15) is 11.3 Å². The van der Waals surface area contributed by atoms with E-state index in [1.807, 2.05) is 0 Å². The normalized spacial score (nSPS) is 13.6. The van der Waals surface area contributed by atoms with Gasteiger partial charge < -0.3 is 5.32 Å². The summed E-state index contributed by atoms with van der Waals surface area (Å²) in [5.41, 5.74) is 8.21. The summed E-state index contributed by atoms with van der Waals surface area (Å²) in [4.78, 5) is 0. The Morgan fingerprint density at radius 1 is 1.00 bits per heavy atom. The van der Waals surface area contributed by atoms with Gasteiger partial charge in [-0.15, -0.1) is 0 Å². The van der Waals surface area contributed by atoms with Gasteiger partial charge in [-0.05, 0) is 70.1 Å². The van der Waals surface area contributed by atoms with E-state index in [2.05, 4.69) is 71.5 Å². The summed E-state index contributed by atoms with van der Waals surface area (Å²) >= 11 is 1.75. The van der Waals surface area contributed by atoms with Crippen molar-refractivity contribution in [1.29, 1.82) is 0 Å². The highest BCUT2D eigenvalue weighted by Gasteiger charge is 2.18. The van der Waals surface area contributed by atoms with Gasteiger partial charge in [-0.3, -0.25) is 0 Å². The number of fused-ring (bicyclic) bond motifs is 3. The number of rotatable bonds is 3. The number of hydrogen-bond donors (Lipinski definition) is 1. The second kappa shape index (κ2) is 5.05. The monoisotopic (exact) mass is 291 g/mol. The van der Waals surface area contributed by atoms with Crippen molar-refractivity contribution >= 4 is 17.0 Å². The minimum Gasteiger partial charge on any atom is -0.378 e. The lowest BCUT2D eigenvalue weighted by atomic mass is 10.1. The SMILES string of the molecule is CC(Nc1ccc2c(c1)Cc1ccccc1-2)c1ccsc1. The third kappa shape index (κ3) is 2.26. The van der Waals surface area contributed by atoms with Crippen molar-refractivity contribution in [3.05, 3.63) is 76.0 Å². The smallest absolute Gasteiger partial charge is 0.0493 e. The maximum Gasteiger partial charge on any atom is 0.0493 e. The van der Waals surface area contributed by atoms with Gasteiger partial charge in [-0.1, -0.05) is 30.3 Å². The summed E-state index contributed by atoms with van der Waals surface area (Å²) in [6.45, 7) is 2.21. The molecule has 0 aliphatic heterocycles. The van der Waals surface area contributed by atoms with Gasteiger partial charge in [0, 0.05) is 11.7 Å². The molecule has 0 fully saturated rings. The van der Waals surface area contributed by atoms with Gasteiger partial charge >= 0.3 is 0 Å². The first kappa shape index (κ1) is 12.7. The predicted octanol–water partition coefficient (Wildman–Crippen LogP) is 5.49. The molecule has 1 aliphatic rings. The summed E-state index contributed by atoms with van der Waals surface area (Å²) in [6.07, 6.45) is 1.05. The molecule has 21 heavy (non-hydrogen) atoms. The summed E-state index contributed by atoms with van der Waals surface area (Å²) in [5, 5.41) is 7.95. The molecule has 1 nitrogen and oxygen atoms in total. The minimum absolute atomic E-state index is 0.345. The standard InChI is InChI=1S/C19H17NS/c1-13(15-8-9-21-12-15)20-17-6-7-19-16(11-17)10-14-4-2-3-5-18(14)19/h2-9,11-13,20H,10H2,1H3. The quantitative estimate of drug-likeness (QED) is 0.526. The van der Waals surface area contributed by atoms with Crippen LogP contribution >= 0.6 is 11.3 Å². The molecule has 0 saturated heterocycles. The molecule has 1 unspecified atom stereocenters. The first-order valence-electron chi connectivity index (χ1n) is 7.31. The molecule has 0 spiro atoms. The first-order chi connectivity index (χ1) is 10.3. The van der Waals surface area contributed by atoms with Crippen molar-refractivity contribution in [2.24, 2.45) is 0 Å². The number of nitrogens with one attached hydrogen (secondary N) is 1. The van der Waals surface area contributed by atoms with Gasteiger partial charge in [0.25, 0.3) is 0 Å². The zero-order chi connectivity index (χ0) is 14.2. The Kier molecular flexibility index (Phi) is 3.04. The van der Waals surface area contributed by atoms with E-state index in [9.17, 15) is 0 Å². The summed E-state index contributed by atoms with van der Waals surface area (Å²) in [7, 11) is 0. The van der Waals surface area contributed by atoms with Crippen LogP contribution in [-0.2, 0) is 6.42 Å². The minimum atomic E-state index is 0.345. The Bertz CT molecular complexity index is 774. The van der Waals surface area contributed by atoms with Crippen molar-refractivity contribution < 1.29 is 0 Å². The maximum atomic E-state index is 3.61. The third-order valence-electron chi connectivity index (χ3n) is 4.22. The van der Waals surface area contributed by atoms with Crippen molar-refractivity contribution in [2.75, 3.05) is 5.32 Å². The van der Waals surface area contributed by atoms with E-state index in [1.54, 1.807) is 11.3 Å². The second-order valence-electron chi connectivity index (χ2n) is 5.63. The van der Waals surface area contributed by atoms with Crippen LogP contribution in [0.25, 0.3) is 11.1 Å². The molecule has 104 valence electrons. The van der Waals surface area contributed by atoms with Crippen molar-refractivity contribution in [3.63, 3.8) is 0 Å². The molecule has 0 saturated carbocycles. The van der Waals surface area contributed by atoms with Crippen LogP contribution < -0.4 is 5.32 Å². The van der Waals surface area contributed by atoms with Crippen molar-refractivity contribution in [3.8, 4) is 11.1 Å². The zero-order valence-corrected chi connectivity index (χ0v) is 12.8. The van der Waals surface area contributed by atoms with E-state index >= 15 is 0 Å². The second-order valence-corrected chi connectivity index (χ2v) is 6.41. The largest absolute Gasteiger partial charge is 0.378 e. The van der Waals surface area contributed by atoms with Crippen LogP contribution in [0.2, 0.25) is 0 Å². The number of thiophene rings is 1. The Morgan fingerprint density at radius 2 is 1.86 bits per heavy atom. The predicted molar refractivity (Wildman–Crippen MR) is 91.0 cm³/mol. The Hall–Kier alpha value is -2.06. The van der Waals surface area contributed by atoms with E-state index in [1.165, 1.54) is 33.5 Å². The zero-order valence-electron chi connectivity index (χ0n) is 12.0. The molecular formula is C19H17NS. The molecule has 1 N–H and O–H groups in total. The molecule has 2 aromatic carbocycles. The van der Waals surface area contributed by atoms with Crippen LogP contribution in [0.1, 0.15) is 29.7 Å². The Morgan fingerprint density at radius 3 is 2.71 bits per heavy atom. The summed E-state index contributed by atoms with van der Waals surface area (Å²) in [6, 6.07) is 18.0. The van der Waals surface area contributed by atoms with Crippen molar-refractivity contribution in [1.82, 2.24) is 0 Å². The van der Waals surface area contributed by atoms with Crippen LogP contribution in [0.3, 0.4) is 0 Å². The molecule has 1 atom stereocenters. The van der Waals surface area contributed by atoms with E-state index in [-0.39, 0.29) is 0 Å². The molecule has 1 aromatic heterocycles. The molecule has 1 heterocycles. The van der Waals surface area contributed by atoms with Crippen LogP contribution in [0, 0.1) is 0 Å². The molecule has 2 heteroatoms. The van der Waals surface area contributed by atoms with Gasteiger partial charge in [0.2, 0.25) is 0 Å². The molecule has 1 aliphatic carbocycles. The van der Waals surface area contributed by atoms with Crippen LogP contribution in [0.15, 0.2) is 59.3 Å². The molecule has 4 rings (SSSR count). The summed E-state index contributed by atoms with van der Waals surface area (Å²) in [5.74, 6) is 0. The Balaban J connectivity index is 1.62. The lowest BCUT2D eigenvalue weighted by Gasteiger charge is -2.15. The van der Waals surface area contributed by atoms with Crippen molar-refractivity contribution in [2.45, 2.75) is 19.4 Å². The van der Waals surface area contributed by atoms with Crippen LogP contribution in [-0.4, -0.2) is 0 Å².